The first-order chi connectivity index (χ1) is 10.0. The van der Waals surface area contributed by atoms with E-state index in [0.29, 0.717) is 9.13 Å². The largest absolute Gasteiger partial charge is 0.507 e. The van der Waals surface area contributed by atoms with Crippen molar-refractivity contribution in [2.45, 2.75) is 31.7 Å². The van der Waals surface area contributed by atoms with Crippen molar-refractivity contribution in [1.29, 1.82) is 0 Å². The number of amides is 1. The second-order valence-corrected chi connectivity index (χ2v) is 6.29. The molecule has 2 rings (SSSR count). The van der Waals surface area contributed by atoms with Gasteiger partial charge in [0.2, 0.25) is 0 Å². The van der Waals surface area contributed by atoms with Crippen LogP contribution in [0.1, 0.15) is 36.0 Å². The van der Waals surface area contributed by atoms with Crippen molar-refractivity contribution in [2.24, 2.45) is 10.9 Å². The summed E-state index contributed by atoms with van der Waals surface area (Å²) in [5, 5.41) is 21.5. The van der Waals surface area contributed by atoms with Crippen LogP contribution in [-0.4, -0.2) is 39.5 Å². The number of carbonyl (C=O) groups is 1. The third-order valence-electron chi connectivity index (χ3n) is 3.68. The number of oxime groups is 1. The van der Waals surface area contributed by atoms with Crippen LogP contribution < -0.4 is 5.73 Å². The maximum absolute atomic E-state index is 12.7. The van der Waals surface area contributed by atoms with Crippen LogP contribution in [0, 0.1) is 3.57 Å². The Morgan fingerprint density at radius 1 is 1.43 bits per heavy atom. The normalized spacial score (nSPS) is 16.1. The molecule has 6 nitrogen and oxygen atoms in total. The molecule has 1 aliphatic rings. The van der Waals surface area contributed by atoms with E-state index in [1.165, 1.54) is 6.07 Å². The first-order valence-electron chi connectivity index (χ1n) is 6.79. The molecule has 0 atom stereocenters. The maximum atomic E-state index is 12.7. The number of rotatable bonds is 4. The van der Waals surface area contributed by atoms with E-state index in [1.807, 2.05) is 22.6 Å². The molecule has 1 saturated carbocycles. The van der Waals surface area contributed by atoms with Gasteiger partial charge in [-0.3, -0.25) is 4.79 Å². The lowest BCUT2D eigenvalue weighted by Crippen LogP contribution is -2.44. The smallest absolute Gasteiger partial charge is 0.254 e. The molecule has 1 amide bonds. The Morgan fingerprint density at radius 2 is 2.10 bits per heavy atom. The minimum absolute atomic E-state index is 0.00461. The molecule has 0 spiro atoms. The van der Waals surface area contributed by atoms with Gasteiger partial charge >= 0.3 is 0 Å². The predicted octanol–water partition coefficient (Wildman–Crippen LogP) is 2.13. The summed E-state index contributed by atoms with van der Waals surface area (Å²) >= 11 is 2.00. The Morgan fingerprint density at radius 3 is 2.67 bits per heavy atom. The number of amidine groups is 1. The van der Waals surface area contributed by atoms with E-state index in [-0.39, 0.29) is 30.1 Å². The Balaban J connectivity index is 2.25. The second kappa shape index (κ2) is 6.97. The van der Waals surface area contributed by atoms with Crippen LogP contribution in [0.25, 0.3) is 0 Å². The van der Waals surface area contributed by atoms with Crippen molar-refractivity contribution in [2.75, 3.05) is 6.54 Å². The molecule has 21 heavy (non-hydrogen) atoms. The molecule has 0 unspecified atom stereocenters. The topological polar surface area (TPSA) is 99.2 Å². The fourth-order valence-corrected chi connectivity index (χ4v) is 2.94. The zero-order chi connectivity index (χ0) is 15.4. The first kappa shape index (κ1) is 15.9. The van der Waals surface area contributed by atoms with Gasteiger partial charge in [0.15, 0.2) is 5.84 Å². The number of benzene rings is 1. The zero-order valence-corrected chi connectivity index (χ0v) is 13.7. The van der Waals surface area contributed by atoms with Gasteiger partial charge in [0.1, 0.15) is 5.75 Å². The summed E-state index contributed by atoms with van der Waals surface area (Å²) in [6, 6.07) is 4.93. The van der Waals surface area contributed by atoms with Gasteiger partial charge in [-0.1, -0.05) is 18.0 Å². The molecule has 0 saturated heterocycles. The number of aromatic hydroxyl groups is 1. The van der Waals surface area contributed by atoms with Gasteiger partial charge in [-0.25, -0.2) is 0 Å². The molecule has 0 aromatic heterocycles. The van der Waals surface area contributed by atoms with E-state index < -0.39 is 0 Å². The highest BCUT2D eigenvalue weighted by atomic mass is 127. The average molecular weight is 403 g/mol. The van der Waals surface area contributed by atoms with E-state index in [9.17, 15) is 9.90 Å². The third-order valence-corrected chi connectivity index (χ3v) is 4.59. The average Bonchev–Trinajstić information content (AvgIpc) is 3.00. The number of nitrogens with zero attached hydrogens (tertiary/aromatic N) is 2. The molecule has 1 aromatic carbocycles. The van der Waals surface area contributed by atoms with Crippen molar-refractivity contribution >= 4 is 34.3 Å². The Hall–Kier alpha value is -1.51. The van der Waals surface area contributed by atoms with Gasteiger partial charge in [0.05, 0.1) is 10.1 Å². The van der Waals surface area contributed by atoms with Gasteiger partial charge in [0, 0.05) is 11.6 Å². The van der Waals surface area contributed by atoms with Crippen molar-refractivity contribution in [3.8, 4) is 5.75 Å². The molecule has 0 aliphatic heterocycles. The lowest BCUT2D eigenvalue weighted by Gasteiger charge is -2.28. The van der Waals surface area contributed by atoms with Gasteiger partial charge in [-0.05, 0) is 53.6 Å². The molecule has 0 heterocycles. The van der Waals surface area contributed by atoms with Crippen LogP contribution in [0.4, 0.5) is 0 Å². The van der Waals surface area contributed by atoms with Crippen LogP contribution in [0.5, 0.6) is 5.75 Å². The minimum atomic E-state index is -0.208. The van der Waals surface area contributed by atoms with Crippen molar-refractivity contribution in [1.82, 2.24) is 4.90 Å². The summed E-state index contributed by atoms with van der Waals surface area (Å²) in [6.07, 6.45) is 3.98. The summed E-state index contributed by atoms with van der Waals surface area (Å²) in [4.78, 5) is 14.3. The highest BCUT2D eigenvalue weighted by Gasteiger charge is 2.28. The molecule has 1 aliphatic carbocycles. The van der Waals surface area contributed by atoms with Gasteiger partial charge in [0.25, 0.3) is 5.91 Å². The van der Waals surface area contributed by atoms with Crippen molar-refractivity contribution in [3.05, 3.63) is 27.3 Å². The number of nitrogens with two attached hydrogens (primary N) is 1. The Kier molecular flexibility index (Phi) is 5.27. The first-order valence-corrected chi connectivity index (χ1v) is 7.86. The summed E-state index contributed by atoms with van der Waals surface area (Å²) < 4.78 is 0.688. The molecular weight excluding hydrogens is 385 g/mol. The number of carbonyl (C=O) groups excluding carboxylic acids is 1. The molecule has 1 fully saturated rings. The minimum Gasteiger partial charge on any atom is -0.507 e. The fraction of sp³-hybridized carbons (Fsp3) is 0.429. The molecule has 0 bridgehead atoms. The number of phenolic OH excluding ortho intramolecular Hbond substituents is 1. The van der Waals surface area contributed by atoms with E-state index in [4.69, 9.17) is 10.9 Å². The summed E-state index contributed by atoms with van der Waals surface area (Å²) in [5.74, 6) is -0.123. The third kappa shape index (κ3) is 3.78. The summed E-state index contributed by atoms with van der Waals surface area (Å²) in [6.45, 7) is 0.0900. The van der Waals surface area contributed by atoms with Crippen molar-refractivity contribution in [3.63, 3.8) is 0 Å². The monoisotopic (exact) mass is 403 g/mol. The second-order valence-electron chi connectivity index (χ2n) is 5.13. The van der Waals surface area contributed by atoms with Crippen LogP contribution >= 0.6 is 22.6 Å². The van der Waals surface area contributed by atoms with E-state index in [0.717, 1.165) is 25.7 Å². The quantitative estimate of drug-likeness (QED) is 0.236. The predicted molar refractivity (Wildman–Crippen MR) is 87.5 cm³/mol. The van der Waals surface area contributed by atoms with Gasteiger partial charge in [-0.15, -0.1) is 0 Å². The van der Waals surface area contributed by atoms with Crippen molar-refractivity contribution < 1.29 is 15.1 Å². The molecule has 0 radical (unpaired) electrons. The lowest BCUT2D eigenvalue weighted by molar-refractivity contribution is 0.0712. The molecule has 4 N–H and O–H groups in total. The summed E-state index contributed by atoms with van der Waals surface area (Å²) in [5.41, 5.74) is 5.97. The number of hydrogen-bond acceptors (Lipinski definition) is 4. The molecule has 1 aromatic rings. The van der Waals surface area contributed by atoms with Crippen LogP contribution in [-0.2, 0) is 0 Å². The lowest BCUT2D eigenvalue weighted by atomic mass is 10.1. The zero-order valence-electron chi connectivity index (χ0n) is 11.5. The van der Waals surface area contributed by atoms with E-state index >= 15 is 0 Å². The van der Waals surface area contributed by atoms with Gasteiger partial charge in [-0.2, -0.15) is 0 Å². The summed E-state index contributed by atoms with van der Waals surface area (Å²) in [7, 11) is 0. The standard InChI is InChI=1S/C14H18IN3O3/c15-11-6-5-9(7-12(11)19)14(20)18(8-13(16)17-21)10-3-1-2-4-10/h5-7,10,19,21H,1-4,8H2,(H2,16,17). The number of halogens is 1. The highest BCUT2D eigenvalue weighted by Crippen LogP contribution is 2.26. The SMILES string of the molecule is N/C(CN(C(=O)c1ccc(I)c(O)c1)C1CCCC1)=N/O. The van der Waals surface area contributed by atoms with E-state index in [2.05, 4.69) is 5.16 Å². The fourth-order valence-electron chi connectivity index (χ4n) is 2.60. The highest BCUT2D eigenvalue weighted by molar-refractivity contribution is 14.1. The number of hydrogen-bond donors (Lipinski definition) is 3. The molecular formula is C14H18IN3O3. The van der Waals surface area contributed by atoms with Gasteiger partial charge < -0.3 is 20.9 Å². The maximum Gasteiger partial charge on any atom is 0.254 e. The molecule has 7 heteroatoms. The Bertz CT molecular complexity index is 556. The Labute approximate surface area is 136 Å². The number of phenols is 1. The van der Waals surface area contributed by atoms with Crippen LogP contribution in [0.2, 0.25) is 0 Å². The van der Waals surface area contributed by atoms with Crippen LogP contribution in [0.3, 0.4) is 0 Å². The molecule has 114 valence electrons. The van der Waals surface area contributed by atoms with E-state index in [1.54, 1.807) is 17.0 Å². The van der Waals surface area contributed by atoms with Crippen LogP contribution in [0.15, 0.2) is 23.4 Å².